The lowest BCUT2D eigenvalue weighted by Crippen LogP contribution is -2.45. The first kappa shape index (κ1) is 119. The molecule has 48 heteroatoms. The van der Waals surface area contributed by atoms with Crippen LogP contribution in [-0.4, -0.2) is 330 Å². The van der Waals surface area contributed by atoms with Crippen molar-refractivity contribution in [2.45, 2.75) is 216 Å². The van der Waals surface area contributed by atoms with Crippen LogP contribution in [0.25, 0.3) is 0 Å². The Morgan fingerprint density at radius 2 is 0.709 bits per heavy atom. The van der Waals surface area contributed by atoms with Crippen LogP contribution in [0.5, 0.6) is 0 Å². The minimum atomic E-state index is -3.71. The lowest BCUT2D eigenvalue weighted by Gasteiger charge is -2.33. The Morgan fingerprint density at radius 1 is 0.448 bits per heavy atom. The number of amides is 7. The molecule has 2 aromatic carbocycles. The Labute approximate surface area is 799 Å². The number of hydrogen-bond acceptors (Lipinski definition) is 29. The quantitative estimate of drug-likeness (QED) is 0.00707. The zero-order valence-corrected chi connectivity index (χ0v) is 85.5. The van der Waals surface area contributed by atoms with Gasteiger partial charge in [-0.05, 0) is 242 Å². The number of methoxy groups -OCH3 is 2. The van der Waals surface area contributed by atoms with E-state index in [0.717, 1.165) is 80.5 Å². The molecule has 6 fully saturated rings. The summed E-state index contributed by atoms with van der Waals surface area (Å²) in [5.74, 6) is 7.57. The number of ether oxygens (including phenoxy) is 6. The first-order valence-corrected chi connectivity index (χ1v) is 48.2. The third-order valence-corrected chi connectivity index (χ3v) is 24.0. The topological polar surface area (TPSA) is 477 Å². The van der Waals surface area contributed by atoms with Crippen molar-refractivity contribution >= 4 is 96.3 Å². The summed E-state index contributed by atoms with van der Waals surface area (Å²) in [4.78, 5) is 94.7. The lowest BCUT2D eigenvalue weighted by atomic mass is 9.96. The molecule has 9 heterocycles. The van der Waals surface area contributed by atoms with Crippen LogP contribution >= 0.6 is 22.5 Å². The summed E-state index contributed by atoms with van der Waals surface area (Å²) in [5.41, 5.74) is 9.78. The second kappa shape index (κ2) is 57.4. The number of sulfonamides is 1. The van der Waals surface area contributed by atoms with E-state index >= 15 is 0 Å². The number of benzene rings is 2. The van der Waals surface area contributed by atoms with Crippen molar-refractivity contribution in [1.29, 1.82) is 0 Å². The van der Waals surface area contributed by atoms with Gasteiger partial charge in [-0.1, -0.05) is 0 Å². The highest BCUT2D eigenvalue weighted by Gasteiger charge is 2.36. The zero-order valence-electron chi connectivity index (χ0n) is 82.4. The standard InChI is InChI=1S/C14H17FN4O2S.2C14H26N4O3.C13H22N4O2.C11H21N3O3.C8H13ClN4.C6H4ClFO2S.C5H13NO2.CH5N/c1-18-10-16-17-14(18)11-6-8-19(9-7-11)22(20,21)13-4-2-12(15)3-5-13;2*1-14(2,3)21-13(20)18-8-6-11(7-9-18)12(19)16-15-10-17(4)5;1-13(2,3)19-12(18)17-7-5-10(6-8-17)11-15-14-9-16(11)4;1-11(2,3)17-10(16)14-6-4-8(5-7-14)9(15)13-12;1-12-6-10-11-8(12)7-2-4-13(9)5-3-7;7-11(9,10)6-3-1-5(8)2-4-6;1-6(2)5(7-3)8-4;1-2/h2-5,10-11H,6-9H2,1H3;2*10-11H,6-9H2,1-5H3,(H,16,19);9-10H,5-8H2,1-4H3;8H,4-7,12H2,1-3H3,(H,13,15);6-7H,2-5H2,1H3;1-4H;5H,1-4H3;2H2,1H3/b;2*15-10+;;;;;;. The number of halogens is 4. The molecule has 6 aliphatic heterocycles. The Bertz CT molecular complexity index is 4540. The predicted octanol–water partition coefficient (Wildman–Crippen LogP) is 9.19. The maximum absolute atomic E-state index is 12.9. The van der Waals surface area contributed by atoms with Crippen molar-refractivity contribution < 1.29 is 87.6 Å². The van der Waals surface area contributed by atoms with Gasteiger partial charge in [0.25, 0.3) is 9.05 Å². The fourth-order valence-electron chi connectivity index (χ4n) is 13.6. The minimum Gasteiger partial charge on any atom is -0.444 e. The number of piperidine rings is 6. The van der Waals surface area contributed by atoms with E-state index in [1.807, 2.05) is 170 Å². The molecule has 6 aliphatic rings. The molecule has 0 aliphatic carbocycles. The highest BCUT2D eigenvalue weighted by molar-refractivity contribution is 8.13. The molecule has 758 valence electrons. The Balaban J connectivity index is 0.000000399. The average molecular weight is 1980 g/mol. The molecule has 0 bridgehead atoms. The fourth-order valence-corrected chi connectivity index (χ4v) is 16.1. The van der Waals surface area contributed by atoms with Gasteiger partial charge in [-0.3, -0.25) is 24.7 Å². The van der Waals surface area contributed by atoms with Gasteiger partial charge in [0.1, 0.15) is 83.2 Å². The number of likely N-dealkylation sites (tertiary alicyclic amines) is 4. The predicted molar refractivity (Wildman–Crippen MR) is 505 cm³/mol. The zero-order chi connectivity index (χ0) is 101. The van der Waals surface area contributed by atoms with E-state index in [0.29, 0.717) is 129 Å². The van der Waals surface area contributed by atoms with E-state index in [-0.39, 0.29) is 82.0 Å². The number of nitrogens with zero attached hydrogens (tertiary/aromatic N) is 20. The number of hydrazone groups is 2. The molecule has 0 unspecified atom stereocenters. The molecule has 0 atom stereocenters. The third kappa shape index (κ3) is 44.9. The molecular formula is C86H147Cl2F2N25O17S2. The average Bonchev–Trinajstić information content (AvgIpc) is 1.69. The van der Waals surface area contributed by atoms with Gasteiger partial charge in [-0.2, -0.15) is 14.5 Å². The van der Waals surface area contributed by atoms with Crippen LogP contribution in [0.3, 0.4) is 0 Å². The first-order valence-electron chi connectivity index (χ1n) is 44.1. The second-order valence-electron chi connectivity index (χ2n) is 36.7. The smallest absolute Gasteiger partial charge is 0.410 e. The molecule has 11 rings (SSSR count). The van der Waals surface area contributed by atoms with Crippen molar-refractivity contribution in [1.82, 2.24) is 104 Å². The summed E-state index contributed by atoms with van der Waals surface area (Å²) in [6.45, 7) is 29.6. The Morgan fingerprint density at radius 3 is 0.940 bits per heavy atom. The highest BCUT2D eigenvalue weighted by atomic mass is 35.7. The Hall–Kier alpha value is -9.65. The number of nitrogens with two attached hydrogens (primary N) is 2. The van der Waals surface area contributed by atoms with Gasteiger partial charge in [0, 0.05) is 188 Å². The summed E-state index contributed by atoms with van der Waals surface area (Å²) in [5, 5.41) is 31.7. The van der Waals surface area contributed by atoms with E-state index in [4.69, 9.17) is 56.7 Å². The van der Waals surface area contributed by atoms with Crippen LogP contribution in [0.1, 0.15) is 195 Å². The molecular weight excluding hydrogens is 1830 g/mol. The molecule has 0 spiro atoms. The third-order valence-electron chi connectivity index (χ3n) is 20.4. The molecule has 0 radical (unpaired) electrons. The van der Waals surface area contributed by atoms with Crippen molar-refractivity contribution in [2.75, 3.05) is 142 Å². The number of rotatable bonds is 16. The van der Waals surface area contributed by atoms with Crippen LogP contribution in [0.2, 0.25) is 0 Å². The number of aromatic nitrogens is 9. The van der Waals surface area contributed by atoms with E-state index in [2.05, 4.69) is 62.8 Å². The molecule has 7 N–H and O–H groups in total. The summed E-state index contributed by atoms with van der Waals surface area (Å²) in [6, 6.07) is 9.23. The number of carbonyl (C=O) groups is 7. The van der Waals surface area contributed by atoms with Gasteiger partial charge < -0.3 is 77.3 Å². The molecule has 0 saturated carbocycles. The first-order chi connectivity index (χ1) is 62.5. The highest BCUT2D eigenvalue weighted by Crippen LogP contribution is 2.32. The van der Waals surface area contributed by atoms with Crippen molar-refractivity contribution in [3.05, 3.63) is 96.6 Å². The molecule has 5 aromatic rings. The monoisotopic (exact) mass is 1970 g/mol. The summed E-state index contributed by atoms with van der Waals surface area (Å²) in [6.07, 6.45) is 16.0. The van der Waals surface area contributed by atoms with Crippen molar-refractivity contribution in [3.63, 3.8) is 0 Å². The van der Waals surface area contributed by atoms with Gasteiger partial charge in [0.05, 0.1) is 9.79 Å². The molecule has 6 saturated heterocycles. The number of aryl methyl sites for hydroxylation is 3. The van der Waals surface area contributed by atoms with Gasteiger partial charge in [0.2, 0.25) is 34.2 Å². The van der Waals surface area contributed by atoms with Gasteiger partial charge in [-0.25, -0.2) is 65.9 Å². The van der Waals surface area contributed by atoms with Crippen molar-refractivity contribution in [2.24, 2.45) is 60.7 Å². The summed E-state index contributed by atoms with van der Waals surface area (Å²) >= 11 is 5.87. The SMILES string of the molecule is CC(C)(C)OC(=O)N1CCC(C(=O)NN)CC1.CN.CN(C)/C=N/NC(=O)C1CCN(C(=O)OC(C)(C)C)CC1.CN(C)/C=N/NC(=O)C1CCN(C(=O)OC(C)(C)C)CC1.COC(OC)N(C)C.Cn1cnnc1C1CCN(C(=O)OC(C)(C)C)CC1.Cn1cnnc1C1CCN(Cl)CC1.Cn1cnnc1C1CCN(S(=O)(=O)c2ccc(F)cc2)CC1.O=S(=O)(Cl)c1ccc(F)cc1. The maximum Gasteiger partial charge on any atom is 0.410 e. The molecule has 7 amide bonds. The minimum absolute atomic E-state index is 0.0967. The van der Waals surface area contributed by atoms with Crippen LogP contribution in [0.15, 0.2) is 87.5 Å². The summed E-state index contributed by atoms with van der Waals surface area (Å²) in [7, 11) is 19.3. The number of nitrogens with one attached hydrogen (secondary N) is 3. The van der Waals surface area contributed by atoms with E-state index in [1.54, 1.807) is 62.6 Å². The van der Waals surface area contributed by atoms with Crippen molar-refractivity contribution in [3.8, 4) is 0 Å². The maximum atomic E-state index is 12.9. The Kier molecular flexibility index (Phi) is 50.8. The molecule has 42 nitrogen and oxygen atoms in total. The van der Waals surface area contributed by atoms with E-state index in [9.17, 15) is 59.2 Å². The molecule has 134 heavy (non-hydrogen) atoms. The normalized spacial score (nSPS) is 16.6. The van der Waals surface area contributed by atoms with E-state index in [1.165, 1.54) is 48.3 Å². The van der Waals surface area contributed by atoms with Gasteiger partial charge in [0.15, 0.2) is 0 Å². The largest absolute Gasteiger partial charge is 0.444 e. The fraction of sp³-hybridized carbons (Fsp3) is 0.686. The van der Waals surface area contributed by atoms with Crippen LogP contribution < -0.4 is 27.9 Å². The molecule has 3 aromatic heterocycles. The lowest BCUT2D eigenvalue weighted by molar-refractivity contribution is -0.179. The van der Waals surface area contributed by atoms with Crippen LogP contribution in [0, 0.1) is 29.4 Å². The van der Waals surface area contributed by atoms with Gasteiger partial charge >= 0.3 is 24.4 Å². The number of carbonyl (C=O) groups excluding carboxylic acids is 7. The van der Waals surface area contributed by atoms with Gasteiger partial charge in [-0.15, -0.1) is 30.6 Å². The number of hydrogen-bond donors (Lipinski definition) is 5. The van der Waals surface area contributed by atoms with Crippen LogP contribution in [-0.2, 0) is 83.0 Å². The van der Waals surface area contributed by atoms with Crippen LogP contribution in [0.4, 0.5) is 28.0 Å². The summed E-state index contributed by atoms with van der Waals surface area (Å²) < 4.78 is 112. The van der Waals surface area contributed by atoms with E-state index < -0.39 is 53.1 Å². The second-order valence-corrected chi connectivity index (χ2v) is 41.7. The number of hydrazine groups is 1.